The SMILES string of the molecule is CO[C@@H](C(=O)N1CCSCC1CC(=O)O)c1ccccc1. The summed E-state index contributed by atoms with van der Waals surface area (Å²) in [6, 6.07) is 9.01. The van der Waals surface area contributed by atoms with Crippen LogP contribution < -0.4 is 0 Å². The zero-order chi connectivity index (χ0) is 15.2. The van der Waals surface area contributed by atoms with Crippen LogP contribution in [0, 0.1) is 0 Å². The van der Waals surface area contributed by atoms with Crippen molar-refractivity contribution in [3.05, 3.63) is 35.9 Å². The number of nitrogens with zero attached hydrogens (tertiary/aromatic N) is 1. The Kier molecular flexibility index (Phi) is 5.64. The summed E-state index contributed by atoms with van der Waals surface area (Å²) in [5, 5.41) is 9.00. The fourth-order valence-electron chi connectivity index (χ4n) is 2.47. The maximum absolute atomic E-state index is 12.7. The van der Waals surface area contributed by atoms with Crippen molar-refractivity contribution in [3.63, 3.8) is 0 Å². The Hall–Kier alpha value is -1.53. The number of thioether (sulfide) groups is 1. The van der Waals surface area contributed by atoms with Gasteiger partial charge in [0.1, 0.15) is 0 Å². The molecule has 0 aromatic heterocycles. The van der Waals surface area contributed by atoms with Crippen molar-refractivity contribution < 1.29 is 19.4 Å². The summed E-state index contributed by atoms with van der Waals surface area (Å²) in [6.07, 6.45) is -0.699. The van der Waals surface area contributed by atoms with E-state index in [0.717, 1.165) is 11.3 Å². The van der Waals surface area contributed by atoms with Crippen LogP contribution in [0.1, 0.15) is 18.1 Å². The number of methoxy groups -OCH3 is 1. The third kappa shape index (κ3) is 3.98. The number of carboxylic acids is 1. The Bertz CT molecular complexity index is 494. The monoisotopic (exact) mass is 309 g/mol. The van der Waals surface area contributed by atoms with E-state index in [1.807, 2.05) is 30.3 Å². The molecule has 1 fully saturated rings. The molecule has 5 nitrogen and oxygen atoms in total. The minimum absolute atomic E-state index is 0.0238. The Balaban J connectivity index is 2.16. The second kappa shape index (κ2) is 7.47. The molecule has 1 unspecified atom stereocenters. The molecule has 21 heavy (non-hydrogen) atoms. The van der Waals surface area contributed by atoms with Crippen LogP contribution in [-0.2, 0) is 14.3 Å². The number of carbonyl (C=O) groups excluding carboxylic acids is 1. The standard InChI is InChI=1S/C15H19NO4S/c1-20-14(11-5-3-2-4-6-11)15(19)16-7-8-21-10-12(16)9-13(17)18/h2-6,12,14H,7-10H2,1H3,(H,17,18)/t12?,14-/m1/s1. The van der Waals surface area contributed by atoms with Gasteiger partial charge in [-0.2, -0.15) is 11.8 Å². The van der Waals surface area contributed by atoms with Crippen LogP contribution >= 0.6 is 11.8 Å². The smallest absolute Gasteiger partial charge is 0.305 e. The van der Waals surface area contributed by atoms with E-state index in [0.29, 0.717) is 12.3 Å². The van der Waals surface area contributed by atoms with Gasteiger partial charge in [0.2, 0.25) is 0 Å². The Labute approximate surface area is 128 Å². The number of rotatable bonds is 5. The normalized spacial score (nSPS) is 20.0. The first kappa shape index (κ1) is 15.9. The molecule has 1 heterocycles. The van der Waals surface area contributed by atoms with Gasteiger partial charge in [-0.3, -0.25) is 9.59 Å². The van der Waals surface area contributed by atoms with Gasteiger partial charge in [0, 0.05) is 25.2 Å². The first-order valence-electron chi connectivity index (χ1n) is 6.81. The predicted molar refractivity (Wildman–Crippen MR) is 81.3 cm³/mol. The quantitative estimate of drug-likeness (QED) is 0.898. The highest BCUT2D eigenvalue weighted by atomic mass is 32.2. The lowest BCUT2D eigenvalue weighted by molar-refractivity contribution is -0.146. The summed E-state index contributed by atoms with van der Waals surface area (Å²) >= 11 is 1.68. The van der Waals surface area contributed by atoms with Gasteiger partial charge in [0.15, 0.2) is 6.10 Å². The molecule has 0 saturated carbocycles. The fourth-order valence-corrected chi connectivity index (χ4v) is 3.54. The molecule has 1 saturated heterocycles. The van der Waals surface area contributed by atoms with E-state index < -0.39 is 12.1 Å². The Morgan fingerprint density at radius 2 is 2.14 bits per heavy atom. The molecule has 1 aromatic rings. The van der Waals surface area contributed by atoms with Crippen LogP contribution in [0.4, 0.5) is 0 Å². The Morgan fingerprint density at radius 3 is 2.76 bits per heavy atom. The molecule has 2 atom stereocenters. The number of hydrogen-bond acceptors (Lipinski definition) is 4. The Morgan fingerprint density at radius 1 is 1.43 bits per heavy atom. The molecule has 1 aliphatic rings. The molecular formula is C15H19NO4S. The summed E-state index contributed by atoms with van der Waals surface area (Å²) < 4.78 is 5.36. The third-order valence-electron chi connectivity index (χ3n) is 3.48. The predicted octanol–water partition coefficient (Wildman–Crippen LogP) is 1.79. The summed E-state index contributed by atoms with van der Waals surface area (Å²) in [6.45, 7) is 0.564. The van der Waals surface area contributed by atoms with Gasteiger partial charge >= 0.3 is 5.97 Å². The van der Waals surface area contributed by atoms with Gasteiger partial charge in [0.05, 0.1) is 12.5 Å². The first-order chi connectivity index (χ1) is 10.1. The number of carboxylic acid groups (broad SMARTS) is 1. The van der Waals surface area contributed by atoms with Gasteiger partial charge in [-0.05, 0) is 5.56 Å². The lowest BCUT2D eigenvalue weighted by Crippen LogP contribution is -2.49. The van der Waals surface area contributed by atoms with Crippen molar-refractivity contribution in [2.45, 2.75) is 18.6 Å². The van der Waals surface area contributed by atoms with Gasteiger partial charge in [0.25, 0.3) is 5.91 Å². The molecule has 0 radical (unpaired) electrons. The highest BCUT2D eigenvalue weighted by Crippen LogP contribution is 2.25. The molecule has 1 aromatic carbocycles. The number of ether oxygens (including phenoxy) is 1. The molecule has 0 spiro atoms. The summed E-state index contributed by atoms with van der Waals surface area (Å²) in [5.41, 5.74) is 0.789. The lowest BCUT2D eigenvalue weighted by Gasteiger charge is -2.36. The number of amides is 1. The van der Waals surface area contributed by atoms with Crippen molar-refractivity contribution in [2.24, 2.45) is 0 Å². The highest BCUT2D eigenvalue weighted by Gasteiger charge is 2.33. The van der Waals surface area contributed by atoms with E-state index >= 15 is 0 Å². The van der Waals surface area contributed by atoms with Gasteiger partial charge in [-0.25, -0.2) is 0 Å². The van der Waals surface area contributed by atoms with Gasteiger partial charge < -0.3 is 14.7 Å². The second-order valence-electron chi connectivity index (χ2n) is 4.88. The molecule has 0 bridgehead atoms. The average molecular weight is 309 g/mol. The average Bonchev–Trinajstić information content (AvgIpc) is 2.49. The zero-order valence-electron chi connectivity index (χ0n) is 11.9. The molecule has 1 N–H and O–H groups in total. The van der Waals surface area contributed by atoms with Crippen LogP contribution in [0.25, 0.3) is 0 Å². The van der Waals surface area contributed by atoms with Crippen LogP contribution in [0.15, 0.2) is 30.3 Å². The topological polar surface area (TPSA) is 66.8 Å². The molecule has 114 valence electrons. The van der Waals surface area contributed by atoms with Crippen molar-refractivity contribution in [1.82, 2.24) is 4.90 Å². The highest BCUT2D eigenvalue weighted by molar-refractivity contribution is 7.99. The fraction of sp³-hybridized carbons (Fsp3) is 0.467. The third-order valence-corrected chi connectivity index (χ3v) is 4.57. The number of benzene rings is 1. The van der Waals surface area contributed by atoms with E-state index in [9.17, 15) is 9.59 Å². The maximum atomic E-state index is 12.7. The molecule has 1 aliphatic heterocycles. The van der Waals surface area contributed by atoms with Crippen molar-refractivity contribution in [3.8, 4) is 0 Å². The summed E-state index contributed by atoms with van der Waals surface area (Å²) in [4.78, 5) is 25.3. The van der Waals surface area contributed by atoms with Crippen molar-refractivity contribution in [1.29, 1.82) is 0 Å². The van der Waals surface area contributed by atoms with E-state index in [-0.39, 0.29) is 18.4 Å². The summed E-state index contributed by atoms with van der Waals surface area (Å²) in [5.74, 6) is 0.445. The second-order valence-corrected chi connectivity index (χ2v) is 6.03. The molecule has 6 heteroatoms. The number of aliphatic carboxylic acids is 1. The molecule has 0 aliphatic carbocycles. The van der Waals surface area contributed by atoms with Crippen molar-refractivity contribution in [2.75, 3.05) is 25.2 Å². The number of carbonyl (C=O) groups is 2. The zero-order valence-corrected chi connectivity index (χ0v) is 12.7. The number of hydrogen-bond donors (Lipinski definition) is 1. The van der Waals surface area contributed by atoms with Gasteiger partial charge in [-0.1, -0.05) is 30.3 Å². The summed E-state index contributed by atoms with van der Waals surface area (Å²) in [7, 11) is 1.50. The van der Waals surface area contributed by atoms with Crippen LogP contribution in [-0.4, -0.2) is 53.1 Å². The largest absolute Gasteiger partial charge is 0.481 e. The van der Waals surface area contributed by atoms with E-state index in [1.54, 1.807) is 16.7 Å². The first-order valence-corrected chi connectivity index (χ1v) is 7.96. The molecule has 2 rings (SSSR count). The lowest BCUT2D eigenvalue weighted by atomic mass is 10.1. The maximum Gasteiger partial charge on any atom is 0.305 e. The minimum Gasteiger partial charge on any atom is -0.481 e. The van der Waals surface area contributed by atoms with Crippen molar-refractivity contribution >= 4 is 23.6 Å². The van der Waals surface area contributed by atoms with E-state index in [1.165, 1.54) is 7.11 Å². The minimum atomic E-state index is -0.881. The molecular weight excluding hydrogens is 290 g/mol. The van der Waals surface area contributed by atoms with E-state index in [2.05, 4.69) is 0 Å². The van der Waals surface area contributed by atoms with Gasteiger partial charge in [-0.15, -0.1) is 0 Å². The van der Waals surface area contributed by atoms with Crippen LogP contribution in [0.3, 0.4) is 0 Å². The molecule has 1 amide bonds. The van der Waals surface area contributed by atoms with Crippen LogP contribution in [0.2, 0.25) is 0 Å². The van der Waals surface area contributed by atoms with Crippen LogP contribution in [0.5, 0.6) is 0 Å². The van der Waals surface area contributed by atoms with E-state index in [4.69, 9.17) is 9.84 Å².